The standard InChI is InChI=1S/C21H24ClN3O3/c1-12-4-5-14(21(27)24-15-6-7-15)9-17(12)23-11-20(26)25-18-8-13(2)16(22)10-19(18)28-3/h4-5,8-10,15,23H,6-7,11H2,1-3H3,(H,24,27)(H,25,26). The van der Waals surface area contributed by atoms with Gasteiger partial charge in [-0.05, 0) is 56.0 Å². The van der Waals surface area contributed by atoms with Crippen molar-refractivity contribution in [2.75, 3.05) is 24.3 Å². The summed E-state index contributed by atoms with van der Waals surface area (Å²) in [4.78, 5) is 24.6. The highest BCUT2D eigenvalue weighted by molar-refractivity contribution is 6.31. The zero-order valence-corrected chi connectivity index (χ0v) is 16.9. The predicted octanol–water partition coefficient (Wildman–Crippen LogP) is 3.91. The van der Waals surface area contributed by atoms with Gasteiger partial charge in [-0.25, -0.2) is 0 Å². The molecule has 0 radical (unpaired) electrons. The fraction of sp³-hybridized carbons (Fsp3) is 0.333. The summed E-state index contributed by atoms with van der Waals surface area (Å²) in [6.45, 7) is 3.84. The summed E-state index contributed by atoms with van der Waals surface area (Å²) in [6, 6.07) is 9.17. The SMILES string of the molecule is COc1cc(Cl)c(C)cc1NC(=O)CNc1cc(C(=O)NC2CC2)ccc1C. The van der Waals surface area contributed by atoms with E-state index in [0.717, 1.165) is 29.7 Å². The molecule has 0 aromatic heterocycles. The molecule has 0 spiro atoms. The van der Waals surface area contributed by atoms with Gasteiger partial charge in [0.05, 0.1) is 19.3 Å². The predicted molar refractivity (Wildman–Crippen MR) is 112 cm³/mol. The van der Waals surface area contributed by atoms with E-state index < -0.39 is 0 Å². The van der Waals surface area contributed by atoms with Gasteiger partial charge in [-0.3, -0.25) is 9.59 Å². The number of rotatable bonds is 7. The molecule has 148 valence electrons. The molecule has 0 saturated heterocycles. The molecule has 2 aromatic carbocycles. The normalized spacial score (nSPS) is 13.0. The largest absolute Gasteiger partial charge is 0.495 e. The summed E-state index contributed by atoms with van der Waals surface area (Å²) in [7, 11) is 1.52. The quantitative estimate of drug-likeness (QED) is 0.657. The van der Waals surface area contributed by atoms with Crippen LogP contribution in [0, 0.1) is 13.8 Å². The molecule has 1 fully saturated rings. The van der Waals surface area contributed by atoms with E-state index in [2.05, 4.69) is 16.0 Å². The number of aryl methyl sites for hydroxylation is 2. The van der Waals surface area contributed by atoms with E-state index in [0.29, 0.717) is 28.1 Å². The average Bonchev–Trinajstić information content (AvgIpc) is 3.47. The number of carbonyl (C=O) groups is 2. The molecule has 1 aliphatic carbocycles. The molecule has 0 bridgehead atoms. The minimum atomic E-state index is -0.229. The summed E-state index contributed by atoms with van der Waals surface area (Å²) in [5.74, 6) is 0.183. The van der Waals surface area contributed by atoms with E-state index in [4.69, 9.17) is 16.3 Å². The van der Waals surface area contributed by atoms with Crippen LogP contribution in [-0.4, -0.2) is 31.5 Å². The Kier molecular flexibility index (Phi) is 6.09. The first-order valence-electron chi connectivity index (χ1n) is 9.16. The van der Waals surface area contributed by atoms with Gasteiger partial charge in [0, 0.05) is 28.4 Å². The van der Waals surface area contributed by atoms with Gasteiger partial charge < -0.3 is 20.7 Å². The first kappa shape index (κ1) is 20.0. The molecule has 3 N–H and O–H groups in total. The Morgan fingerprint density at radius 3 is 2.54 bits per heavy atom. The fourth-order valence-electron chi connectivity index (χ4n) is 2.75. The van der Waals surface area contributed by atoms with Gasteiger partial charge in [-0.1, -0.05) is 17.7 Å². The number of halogens is 1. The summed E-state index contributed by atoms with van der Waals surface area (Å²) >= 11 is 6.10. The molecule has 6 nitrogen and oxygen atoms in total. The Labute approximate surface area is 169 Å². The van der Waals surface area contributed by atoms with Gasteiger partial charge in [0.25, 0.3) is 5.91 Å². The van der Waals surface area contributed by atoms with Gasteiger partial charge in [0.15, 0.2) is 0 Å². The topological polar surface area (TPSA) is 79.5 Å². The van der Waals surface area contributed by atoms with Crippen LogP contribution < -0.4 is 20.7 Å². The molecule has 3 rings (SSSR count). The lowest BCUT2D eigenvalue weighted by molar-refractivity contribution is -0.114. The molecule has 2 aromatic rings. The van der Waals surface area contributed by atoms with Gasteiger partial charge in [0.2, 0.25) is 5.91 Å². The van der Waals surface area contributed by atoms with E-state index in [1.165, 1.54) is 7.11 Å². The number of nitrogens with one attached hydrogen (secondary N) is 3. The summed E-state index contributed by atoms with van der Waals surface area (Å²) in [5, 5.41) is 9.47. The molecule has 28 heavy (non-hydrogen) atoms. The Hall–Kier alpha value is -2.73. The Bertz CT molecular complexity index is 910. The van der Waals surface area contributed by atoms with Crippen LogP contribution in [0.15, 0.2) is 30.3 Å². The molecule has 0 aliphatic heterocycles. The summed E-state index contributed by atoms with van der Waals surface area (Å²) in [6.07, 6.45) is 2.08. The maximum absolute atomic E-state index is 12.4. The zero-order chi connectivity index (χ0) is 20.3. The van der Waals surface area contributed by atoms with Crippen molar-refractivity contribution in [2.45, 2.75) is 32.7 Å². The van der Waals surface area contributed by atoms with E-state index in [9.17, 15) is 9.59 Å². The molecular formula is C21H24ClN3O3. The van der Waals surface area contributed by atoms with E-state index in [1.54, 1.807) is 24.3 Å². The molecular weight excluding hydrogens is 378 g/mol. The van der Waals surface area contributed by atoms with Crippen molar-refractivity contribution < 1.29 is 14.3 Å². The van der Waals surface area contributed by atoms with Gasteiger partial charge in [0.1, 0.15) is 5.75 Å². The Morgan fingerprint density at radius 2 is 1.86 bits per heavy atom. The van der Waals surface area contributed by atoms with Crippen molar-refractivity contribution in [1.29, 1.82) is 0 Å². The number of methoxy groups -OCH3 is 1. The van der Waals surface area contributed by atoms with Crippen LogP contribution in [0.1, 0.15) is 34.3 Å². The minimum Gasteiger partial charge on any atom is -0.495 e. The molecule has 1 aliphatic rings. The smallest absolute Gasteiger partial charge is 0.251 e. The first-order chi connectivity index (χ1) is 13.4. The second-order valence-electron chi connectivity index (χ2n) is 6.98. The van der Waals surface area contributed by atoms with Crippen LogP contribution in [0.4, 0.5) is 11.4 Å². The number of amides is 2. The zero-order valence-electron chi connectivity index (χ0n) is 16.2. The molecule has 2 amide bonds. The van der Waals surface area contributed by atoms with Crippen molar-refractivity contribution in [1.82, 2.24) is 5.32 Å². The first-order valence-corrected chi connectivity index (χ1v) is 9.54. The van der Waals surface area contributed by atoms with Crippen molar-refractivity contribution in [2.24, 2.45) is 0 Å². The Morgan fingerprint density at radius 1 is 1.11 bits per heavy atom. The van der Waals surface area contributed by atoms with E-state index in [1.807, 2.05) is 19.9 Å². The maximum Gasteiger partial charge on any atom is 0.251 e. The second-order valence-corrected chi connectivity index (χ2v) is 7.39. The third kappa shape index (κ3) is 4.95. The number of carbonyl (C=O) groups excluding carboxylic acids is 2. The van der Waals surface area contributed by atoms with Crippen LogP contribution >= 0.6 is 11.6 Å². The molecule has 7 heteroatoms. The van der Waals surface area contributed by atoms with Crippen LogP contribution in [-0.2, 0) is 4.79 Å². The summed E-state index contributed by atoms with van der Waals surface area (Å²) < 4.78 is 5.28. The van der Waals surface area contributed by atoms with Gasteiger partial charge >= 0.3 is 0 Å². The van der Waals surface area contributed by atoms with E-state index >= 15 is 0 Å². The van der Waals surface area contributed by atoms with Crippen LogP contribution in [0.25, 0.3) is 0 Å². The van der Waals surface area contributed by atoms with Crippen molar-refractivity contribution in [3.63, 3.8) is 0 Å². The lowest BCUT2D eigenvalue weighted by Crippen LogP contribution is -2.26. The van der Waals surface area contributed by atoms with Crippen molar-refractivity contribution in [3.8, 4) is 5.75 Å². The number of benzene rings is 2. The summed E-state index contributed by atoms with van der Waals surface area (Å²) in [5.41, 5.74) is 3.69. The van der Waals surface area contributed by atoms with Crippen LogP contribution in [0.3, 0.4) is 0 Å². The van der Waals surface area contributed by atoms with Crippen molar-refractivity contribution in [3.05, 3.63) is 52.0 Å². The highest BCUT2D eigenvalue weighted by atomic mass is 35.5. The number of anilines is 2. The third-order valence-electron chi connectivity index (χ3n) is 4.61. The maximum atomic E-state index is 12.4. The minimum absolute atomic E-state index is 0.0549. The lowest BCUT2D eigenvalue weighted by atomic mass is 10.1. The van der Waals surface area contributed by atoms with Gasteiger partial charge in [-0.2, -0.15) is 0 Å². The molecule has 0 unspecified atom stereocenters. The van der Waals surface area contributed by atoms with Gasteiger partial charge in [-0.15, -0.1) is 0 Å². The van der Waals surface area contributed by atoms with Crippen LogP contribution in [0.5, 0.6) is 5.75 Å². The van der Waals surface area contributed by atoms with E-state index in [-0.39, 0.29) is 18.4 Å². The highest BCUT2D eigenvalue weighted by Gasteiger charge is 2.24. The number of ether oxygens (including phenoxy) is 1. The number of hydrogen-bond donors (Lipinski definition) is 3. The fourth-order valence-corrected chi connectivity index (χ4v) is 2.90. The molecule has 0 heterocycles. The van der Waals surface area contributed by atoms with Crippen molar-refractivity contribution >= 4 is 34.8 Å². The third-order valence-corrected chi connectivity index (χ3v) is 5.01. The average molecular weight is 402 g/mol. The Balaban J connectivity index is 1.64. The monoisotopic (exact) mass is 401 g/mol. The second kappa shape index (κ2) is 8.52. The van der Waals surface area contributed by atoms with Crippen LogP contribution in [0.2, 0.25) is 5.02 Å². The molecule has 0 atom stereocenters. The highest BCUT2D eigenvalue weighted by Crippen LogP contribution is 2.31. The number of hydrogen-bond acceptors (Lipinski definition) is 4. The lowest BCUT2D eigenvalue weighted by Gasteiger charge is -2.14. The molecule has 1 saturated carbocycles.